The van der Waals surface area contributed by atoms with Crippen molar-refractivity contribution in [2.45, 2.75) is 17.2 Å². The van der Waals surface area contributed by atoms with E-state index in [2.05, 4.69) is 0 Å². The maximum Gasteiger partial charge on any atom is 0.255 e. The van der Waals surface area contributed by atoms with Crippen LogP contribution in [0.2, 0.25) is 0 Å². The molecule has 20 heavy (non-hydrogen) atoms. The number of hydrogen-bond donors (Lipinski definition) is 1. The Hall–Kier alpha value is -1.22. The lowest BCUT2D eigenvalue weighted by atomic mass is 10.1. The third-order valence-corrected chi connectivity index (χ3v) is 6.61. The molecule has 0 saturated carbocycles. The molecule has 0 spiro atoms. The van der Waals surface area contributed by atoms with Crippen LogP contribution in [-0.4, -0.2) is 25.8 Å². The van der Waals surface area contributed by atoms with Crippen LogP contribution < -0.4 is 5.14 Å². The van der Waals surface area contributed by atoms with Gasteiger partial charge in [0.2, 0.25) is 10.0 Å². The van der Waals surface area contributed by atoms with E-state index in [9.17, 15) is 13.2 Å². The summed E-state index contributed by atoms with van der Waals surface area (Å²) in [5.41, 5.74) is 1.56. The van der Waals surface area contributed by atoms with Gasteiger partial charge in [0.25, 0.3) is 5.91 Å². The highest BCUT2D eigenvalue weighted by atomic mass is 32.2. The highest BCUT2D eigenvalue weighted by Crippen LogP contribution is 2.26. The highest BCUT2D eigenvalue weighted by Gasteiger charge is 2.24. The number of amides is 1. The molecule has 0 fully saturated rings. The summed E-state index contributed by atoms with van der Waals surface area (Å²) in [5, 5.41) is 8.63. The Morgan fingerprint density at radius 1 is 1.35 bits per heavy atom. The summed E-state index contributed by atoms with van der Waals surface area (Å²) < 4.78 is 22.5. The number of nitrogens with two attached hydrogens (primary N) is 1. The van der Waals surface area contributed by atoms with Gasteiger partial charge in [-0.3, -0.25) is 4.79 Å². The van der Waals surface area contributed by atoms with Crippen LogP contribution in [0.4, 0.5) is 0 Å². The summed E-state index contributed by atoms with van der Waals surface area (Å²) in [6.07, 6.45) is 0.852. The molecule has 106 valence electrons. The zero-order chi connectivity index (χ0) is 14.3. The lowest BCUT2D eigenvalue weighted by Crippen LogP contribution is -2.35. The van der Waals surface area contributed by atoms with Gasteiger partial charge in [-0.05, 0) is 29.5 Å². The number of primary sulfonamides is 1. The number of sulfonamides is 1. The van der Waals surface area contributed by atoms with E-state index in [1.54, 1.807) is 21.6 Å². The zero-order valence-corrected chi connectivity index (χ0v) is 12.9. The van der Waals surface area contributed by atoms with Crippen molar-refractivity contribution in [3.8, 4) is 0 Å². The Balaban J connectivity index is 1.82. The molecule has 0 atom stereocenters. The first-order valence-electron chi connectivity index (χ1n) is 5.91. The quantitative estimate of drug-likeness (QED) is 0.910. The molecule has 2 N–H and O–H groups in total. The van der Waals surface area contributed by atoms with E-state index >= 15 is 0 Å². The number of hydrogen-bond acceptors (Lipinski definition) is 5. The molecule has 0 aromatic carbocycles. The normalized spacial score (nSPS) is 15.2. The third kappa shape index (κ3) is 2.51. The standard InChI is InChI=1S/C12H12N2O3S3/c13-20(16,17)11-5-9(7-19-11)12(15)14-3-1-10-8(6-14)2-4-18-10/h2,4-5,7H,1,3,6H2,(H2,13,16,17). The SMILES string of the molecule is NS(=O)(=O)c1cc(C(=O)N2CCc3sccc3C2)cs1. The second-order valence-corrected chi connectivity index (χ2v) is 8.25. The van der Waals surface area contributed by atoms with Crippen LogP contribution in [0, 0.1) is 0 Å². The van der Waals surface area contributed by atoms with Crippen LogP contribution in [0.25, 0.3) is 0 Å². The van der Waals surface area contributed by atoms with Gasteiger partial charge in [0.1, 0.15) is 4.21 Å². The number of carbonyl (C=O) groups is 1. The van der Waals surface area contributed by atoms with Gasteiger partial charge in [-0.25, -0.2) is 13.6 Å². The molecule has 0 aliphatic carbocycles. The molecule has 0 saturated heterocycles. The average Bonchev–Trinajstić information content (AvgIpc) is 3.05. The first kappa shape index (κ1) is 13.7. The number of rotatable bonds is 2. The summed E-state index contributed by atoms with van der Waals surface area (Å²) >= 11 is 2.69. The molecule has 1 aliphatic heterocycles. The number of fused-ring (bicyclic) bond motifs is 1. The molecule has 0 unspecified atom stereocenters. The number of nitrogens with zero attached hydrogens (tertiary/aromatic N) is 1. The summed E-state index contributed by atoms with van der Waals surface area (Å²) in [7, 11) is -3.74. The molecule has 1 amide bonds. The molecule has 8 heteroatoms. The Bertz CT molecular complexity index is 761. The van der Waals surface area contributed by atoms with Crippen molar-refractivity contribution in [3.05, 3.63) is 38.9 Å². The van der Waals surface area contributed by atoms with Gasteiger partial charge in [0, 0.05) is 23.3 Å². The molecule has 1 aliphatic rings. The van der Waals surface area contributed by atoms with Crippen molar-refractivity contribution in [1.82, 2.24) is 4.90 Å². The molecule has 5 nitrogen and oxygen atoms in total. The number of thiophene rings is 2. The molecule has 2 aromatic rings. The fourth-order valence-corrected chi connectivity index (χ4v) is 4.65. The molecular formula is C12H12N2O3S3. The van der Waals surface area contributed by atoms with E-state index in [4.69, 9.17) is 5.14 Å². The largest absolute Gasteiger partial charge is 0.334 e. The minimum atomic E-state index is -3.74. The van der Waals surface area contributed by atoms with Gasteiger partial charge in [-0.1, -0.05) is 0 Å². The Kier molecular flexibility index (Phi) is 3.41. The Morgan fingerprint density at radius 3 is 2.85 bits per heavy atom. The highest BCUT2D eigenvalue weighted by molar-refractivity contribution is 7.91. The molecular weight excluding hydrogens is 316 g/mol. The fourth-order valence-electron chi connectivity index (χ4n) is 2.18. The van der Waals surface area contributed by atoms with Crippen molar-refractivity contribution in [2.24, 2.45) is 5.14 Å². The van der Waals surface area contributed by atoms with Crippen molar-refractivity contribution in [1.29, 1.82) is 0 Å². The molecule has 3 rings (SSSR count). The third-order valence-electron chi connectivity index (χ3n) is 3.20. The van der Waals surface area contributed by atoms with E-state index in [0.29, 0.717) is 18.7 Å². The smallest absolute Gasteiger partial charge is 0.255 e. The average molecular weight is 328 g/mol. The maximum absolute atomic E-state index is 12.4. The van der Waals surface area contributed by atoms with Crippen molar-refractivity contribution >= 4 is 38.6 Å². The van der Waals surface area contributed by atoms with Gasteiger partial charge in [-0.2, -0.15) is 0 Å². The van der Waals surface area contributed by atoms with E-state index in [1.165, 1.54) is 16.5 Å². The monoisotopic (exact) mass is 328 g/mol. The number of carbonyl (C=O) groups excluding carboxylic acids is 1. The van der Waals surface area contributed by atoms with Crippen molar-refractivity contribution < 1.29 is 13.2 Å². The van der Waals surface area contributed by atoms with E-state index in [1.807, 2.05) is 11.4 Å². The first-order chi connectivity index (χ1) is 9.45. The zero-order valence-electron chi connectivity index (χ0n) is 10.4. The second kappa shape index (κ2) is 4.96. The molecule has 2 aromatic heterocycles. The summed E-state index contributed by atoms with van der Waals surface area (Å²) in [6.45, 7) is 1.24. The van der Waals surface area contributed by atoms with Crippen LogP contribution in [0.1, 0.15) is 20.8 Å². The van der Waals surface area contributed by atoms with Gasteiger partial charge in [0.15, 0.2) is 0 Å². The first-order valence-corrected chi connectivity index (χ1v) is 9.21. The van der Waals surface area contributed by atoms with E-state index < -0.39 is 10.0 Å². The molecule has 0 radical (unpaired) electrons. The predicted molar refractivity (Wildman–Crippen MR) is 78.5 cm³/mol. The van der Waals surface area contributed by atoms with Gasteiger partial charge in [-0.15, -0.1) is 22.7 Å². The minimum Gasteiger partial charge on any atom is -0.334 e. The predicted octanol–water partition coefficient (Wildman–Crippen LogP) is 1.66. The maximum atomic E-state index is 12.4. The second-order valence-electron chi connectivity index (χ2n) is 4.55. The van der Waals surface area contributed by atoms with Gasteiger partial charge >= 0.3 is 0 Å². The van der Waals surface area contributed by atoms with Crippen LogP contribution in [-0.2, 0) is 23.0 Å². The molecule has 0 bridgehead atoms. The lowest BCUT2D eigenvalue weighted by Gasteiger charge is -2.26. The van der Waals surface area contributed by atoms with E-state index in [0.717, 1.165) is 17.8 Å². The van der Waals surface area contributed by atoms with Gasteiger partial charge in [0.05, 0.1) is 5.56 Å². The summed E-state index contributed by atoms with van der Waals surface area (Å²) in [5.74, 6) is -0.145. The molecule has 3 heterocycles. The minimum absolute atomic E-state index is 0.0223. The Labute approximate surface area is 124 Å². The van der Waals surface area contributed by atoms with Crippen LogP contribution in [0.5, 0.6) is 0 Å². The van der Waals surface area contributed by atoms with Gasteiger partial charge < -0.3 is 4.90 Å². The van der Waals surface area contributed by atoms with Crippen LogP contribution in [0.15, 0.2) is 27.1 Å². The summed E-state index contributed by atoms with van der Waals surface area (Å²) in [4.78, 5) is 15.4. The van der Waals surface area contributed by atoms with Crippen molar-refractivity contribution in [2.75, 3.05) is 6.54 Å². The lowest BCUT2D eigenvalue weighted by molar-refractivity contribution is 0.0736. The fraction of sp³-hybridized carbons (Fsp3) is 0.250. The van der Waals surface area contributed by atoms with Crippen LogP contribution in [0.3, 0.4) is 0 Å². The van der Waals surface area contributed by atoms with E-state index in [-0.39, 0.29) is 10.1 Å². The van der Waals surface area contributed by atoms with Crippen LogP contribution >= 0.6 is 22.7 Å². The Morgan fingerprint density at radius 2 is 2.15 bits per heavy atom. The van der Waals surface area contributed by atoms with Crippen molar-refractivity contribution in [3.63, 3.8) is 0 Å². The topological polar surface area (TPSA) is 80.5 Å². The summed E-state index contributed by atoms with van der Waals surface area (Å²) in [6, 6.07) is 3.38.